The van der Waals surface area contributed by atoms with Gasteiger partial charge in [-0.15, -0.1) is 5.10 Å². The van der Waals surface area contributed by atoms with Crippen LogP contribution in [0.1, 0.15) is 6.92 Å². The third-order valence-corrected chi connectivity index (χ3v) is 2.88. The standard InChI is InChI=1S/C10H8FN5S/c1-7(6-12)17-10-13-14-15-16(10)9-4-2-3-8(11)5-9/h2-5,7H,1H3/t7-/m1/s1. The Morgan fingerprint density at radius 1 is 1.53 bits per heavy atom. The molecule has 1 heterocycles. The van der Waals surface area contributed by atoms with Crippen molar-refractivity contribution in [1.82, 2.24) is 20.2 Å². The van der Waals surface area contributed by atoms with Crippen molar-refractivity contribution in [3.05, 3.63) is 30.1 Å². The summed E-state index contributed by atoms with van der Waals surface area (Å²) in [6, 6.07) is 8.02. The first-order valence-corrected chi connectivity index (χ1v) is 5.69. The summed E-state index contributed by atoms with van der Waals surface area (Å²) in [5.41, 5.74) is 0.530. The van der Waals surface area contributed by atoms with Gasteiger partial charge in [0.05, 0.1) is 17.0 Å². The van der Waals surface area contributed by atoms with Gasteiger partial charge in [-0.3, -0.25) is 0 Å². The molecule has 2 rings (SSSR count). The smallest absolute Gasteiger partial charge is 0.207 e. The zero-order valence-electron chi connectivity index (χ0n) is 8.91. The van der Waals surface area contributed by atoms with Gasteiger partial charge >= 0.3 is 0 Å². The fraction of sp³-hybridized carbons (Fsp3) is 0.200. The van der Waals surface area contributed by atoms with E-state index in [4.69, 9.17) is 5.26 Å². The van der Waals surface area contributed by atoms with Gasteiger partial charge in [0.25, 0.3) is 0 Å². The highest BCUT2D eigenvalue weighted by atomic mass is 32.2. The normalized spacial score (nSPS) is 12.1. The van der Waals surface area contributed by atoms with Gasteiger partial charge in [0.1, 0.15) is 5.82 Å². The first-order valence-electron chi connectivity index (χ1n) is 4.81. The number of benzene rings is 1. The van der Waals surface area contributed by atoms with Crippen LogP contribution in [0.25, 0.3) is 5.69 Å². The fourth-order valence-electron chi connectivity index (χ4n) is 1.21. The maximum absolute atomic E-state index is 13.1. The highest BCUT2D eigenvalue weighted by Crippen LogP contribution is 2.22. The molecule has 0 aliphatic rings. The van der Waals surface area contributed by atoms with Crippen LogP contribution < -0.4 is 0 Å². The van der Waals surface area contributed by atoms with Gasteiger partial charge in [-0.1, -0.05) is 17.8 Å². The largest absolute Gasteiger partial charge is 0.215 e. The second-order valence-corrected chi connectivity index (χ2v) is 4.55. The molecular weight excluding hydrogens is 241 g/mol. The van der Waals surface area contributed by atoms with E-state index in [0.29, 0.717) is 10.8 Å². The number of hydrogen-bond acceptors (Lipinski definition) is 5. The van der Waals surface area contributed by atoms with Crippen molar-refractivity contribution in [2.75, 3.05) is 0 Å². The van der Waals surface area contributed by atoms with Crippen molar-refractivity contribution in [1.29, 1.82) is 5.26 Å². The van der Waals surface area contributed by atoms with Crippen LogP contribution in [0.4, 0.5) is 4.39 Å². The molecule has 86 valence electrons. The minimum atomic E-state index is -0.359. The molecule has 2 aromatic rings. The number of nitriles is 1. The van der Waals surface area contributed by atoms with Crippen LogP contribution in [0.15, 0.2) is 29.4 Å². The quantitative estimate of drug-likeness (QED) is 0.776. The van der Waals surface area contributed by atoms with Crippen molar-refractivity contribution in [2.24, 2.45) is 0 Å². The topological polar surface area (TPSA) is 67.4 Å². The van der Waals surface area contributed by atoms with E-state index < -0.39 is 0 Å². The summed E-state index contributed by atoms with van der Waals surface area (Å²) in [5, 5.41) is 20.0. The van der Waals surface area contributed by atoms with E-state index in [-0.39, 0.29) is 11.1 Å². The fourth-order valence-corrected chi connectivity index (χ4v) is 1.90. The van der Waals surface area contributed by atoms with Gasteiger partial charge in [-0.25, -0.2) is 4.39 Å². The van der Waals surface area contributed by atoms with Crippen LogP contribution in [0.2, 0.25) is 0 Å². The number of nitrogens with zero attached hydrogens (tertiary/aromatic N) is 5. The molecule has 0 N–H and O–H groups in total. The predicted octanol–water partition coefficient (Wildman–Crippen LogP) is 1.81. The van der Waals surface area contributed by atoms with Gasteiger partial charge in [-0.05, 0) is 35.5 Å². The molecule has 7 heteroatoms. The number of tetrazole rings is 1. The Kier molecular flexibility index (Phi) is 3.35. The predicted molar refractivity (Wildman–Crippen MR) is 60.0 cm³/mol. The lowest BCUT2D eigenvalue weighted by Gasteiger charge is -2.04. The maximum atomic E-state index is 13.1. The number of rotatable bonds is 3. The summed E-state index contributed by atoms with van der Waals surface area (Å²) >= 11 is 1.22. The average molecular weight is 249 g/mol. The van der Waals surface area contributed by atoms with Gasteiger partial charge in [0, 0.05) is 0 Å². The highest BCUT2D eigenvalue weighted by molar-refractivity contribution is 8.00. The molecular formula is C10H8FN5S. The molecule has 1 aromatic carbocycles. The second-order valence-electron chi connectivity index (χ2n) is 3.24. The number of hydrogen-bond donors (Lipinski definition) is 0. The van der Waals surface area contributed by atoms with Gasteiger partial charge < -0.3 is 0 Å². The molecule has 0 unspecified atom stereocenters. The molecule has 0 aliphatic carbocycles. The first-order chi connectivity index (χ1) is 8.20. The van der Waals surface area contributed by atoms with Crippen molar-refractivity contribution < 1.29 is 4.39 Å². The molecule has 0 bridgehead atoms. The number of thioether (sulfide) groups is 1. The average Bonchev–Trinajstić information content (AvgIpc) is 2.77. The minimum absolute atomic E-state index is 0.270. The number of halogens is 1. The van der Waals surface area contributed by atoms with Crippen LogP contribution in [0.5, 0.6) is 0 Å². The Bertz CT molecular complexity index is 562. The molecule has 1 aromatic heterocycles. The molecule has 17 heavy (non-hydrogen) atoms. The maximum Gasteiger partial charge on any atom is 0.215 e. The van der Waals surface area contributed by atoms with Gasteiger partial charge in [-0.2, -0.15) is 9.94 Å². The van der Waals surface area contributed by atoms with Crippen molar-refractivity contribution >= 4 is 11.8 Å². The summed E-state index contributed by atoms with van der Waals surface area (Å²) in [5.74, 6) is -0.359. The molecule has 5 nitrogen and oxygen atoms in total. The van der Waals surface area contributed by atoms with Crippen molar-refractivity contribution in [3.63, 3.8) is 0 Å². The summed E-state index contributed by atoms with van der Waals surface area (Å²) in [7, 11) is 0. The van der Waals surface area contributed by atoms with E-state index in [2.05, 4.69) is 21.6 Å². The van der Waals surface area contributed by atoms with Crippen LogP contribution in [0.3, 0.4) is 0 Å². The third kappa shape index (κ3) is 2.60. The lowest BCUT2D eigenvalue weighted by molar-refractivity contribution is 0.623. The molecule has 0 amide bonds. The van der Waals surface area contributed by atoms with E-state index in [1.807, 2.05) is 0 Å². The second kappa shape index (κ2) is 4.93. The lowest BCUT2D eigenvalue weighted by atomic mass is 10.3. The molecule has 1 atom stereocenters. The van der Waals surface area contributed by atoms with Crippen LogP contribution in [0, 0.1) is 17.1 Å². The Hall–Kier alpha value is -1.94. The summed E-state index contributed by atoms with van der Waals surface area (Å²) in [6.07, 6.45) is 0. The van der Waals surface area contributed by atoms with Crippen LogP contribution in [-0.4, -0.2) is 25.5 Å². The third-order valence-electron chi connectivity index (χ3n) is 1.96. The summed E-state index contributed by atoms with van der Waals surface area (Å²) in [6.45, 7) is 1.75. The molecule has 0 saturated heterocycles. The Morgan fingerprint density at radius 3 is 3.06 bits per heavy atom. The lowest BCUT2D eigenvalue weighted by Crippen LogP contribution is -2.01. The van der Waals surface area contributed by atoms with Gasteiger partial charge in [0.2, 0.25) is 5.16 Å². The number of aromatic nitrogens is 4. The zero-order valence-corrected chi connectivity index (χ0v) is 9.73. The van der Waals surface area contributed by atoms with Gasteiger partial charge in [0.15, 0.2) is 0 Å². The Labute approximate surface area is 101 Å². The molecule has 0 fully saturated rings. The summed E-state index contributed by atoms with van der Waals surface area (Å²) in [4.78, 5) is 0. The Morgan fingerprint density at radius 2 is 2.35 bits per heavy atom. The van der Waals surface area contributed by atoms with Crippen LogP contribution >= 0.6 is 11.8 Å². The van der Waals surface area contributed by atoms with E-state index in [1.54, 1.807) is 19.1 Å². The summed E-state index contributed by atoms with van der Waals surface area (Å²) < 4.78 is 14.5. The molecule has 0 aliphatic heterocycles. The van der Waals surface area contributed by atoms with Crippen LogP contribution in [-0.2, 0) is 0 Å². The molecule has 0 spiro atoms. The van der Waals surface area contributed by atoms with Crippen molar-refractivity contribution in [3.8, 4) is 11.8 Å². The van der Waals surface area contributed by atoms with Crippen molar-refractivity contribution in [2.45, 2.75) is 17.3 Å². The zero-order chi connectivity index (χ0) is 12.3. The Balaban J connectivity index is 2.34. The monoisotopic (exact) mass is 249 g/mol. The van der Waals surface area contributed by atoms with E-state index in [0.717, 1.165) is 0 Å². The van der Waals surface area contributed by atoms with E-state index in [1.165, 1.54) is 28.6 Å². The minimum Gasteiger partial charge on any atom is -0.207 e. The van der Waals surface area contributed by atoms with E-state index >= 15 is 0 Å². The first kappa shape index (κ1) is 11.5. The highest BCUT2D eigenvalue weighted by Gasteiger charge is 2.12. The SMILES string of the molecule is C[C@H](C#N)Sc1nnnn1-c1cccc(F)c1. The van der Waals surface area contributed by atoms with E-state index in [9.17, 15) is 4.39 Å². The molecule has 0 radical (unpaired) electrons. The molecule has 0 saturated carbocycles.